The van der Waals surface area contributed by atoms with Gasteiger partial charge in [0.05, 0.1) is 0 Å². The van der Waals surface area contributed by atoms with Gasteiger partial charge >= 0.3 is 0 Å². The lowest BCUT2D eigenvalue weighted by Gasteiger charge is -2.34. The third kappa shape index (κ3) is 3.69. The van der Waals surface area contributed by atoms with E-state index in [0.29, 0.717) is 17.9 Å². The number of piperazine rings is 1. The maximum absolute atomic E-state index is 12.2. The summed E-state index contributed by atoms with van der Waals surface area (Å²) in [5.74, 6) is 1.01. The summed E-state index contributed by atoms with van der Waals surface area (Å²) in [6.45, 7) is 3.89. The molecule has 1 heterocycles. The van der Waals surface area contributed by atoms with Crippen molar-refractivity contribution >= 4 is 5.91 Å². The predicted molar refractivity (Wildman–Crippen MR) is 73.5 cm³/mol. The topological polar surface area (TPSA) is 35.6 Å². The van der Waals surface area contributed by atoms with E-state index in [1.54, 1.807) is 0 Å². The molecule has 18 heavy (non-hydrogen) atoms. The van der Waals surface area contributed by atoms with Gasteiger partial charge in [0.15, 0.2) is 0 Å². The smallest absolute Gasteiger partial charge is 0.222 e. The molecule has 1 amide bonds. The van der Waals surface area contributed by atoms with Gasteiger partial charge in [0.1, 0.15) is 0 Å². The van der Waals surface area contributed by atoms with Crippen molar-refractivity contribution in [3.63, 3.8) is 0 Å². The summed E-state index contributed by atoms with van der Waals surface area (Å²) in [4.78, 5) is 16.6. The number of carbonyl (C=O) groups is 1. The zero-order valence-corrected chi connectivity index (χ0v) is 11.8. The highest BCUT2D eigenvalue weighted by molar-refractivity contribution is 5.76. The van der Waals surface area contributed by atoms with Crippen LogP contribution in [0.15, 0.2) is 0 Å². The molecule has 2 aliphatic rings. The van der Waals surface area contributed by atoms with Crippen molar-refractivity contribution < 1.29 is 4.79 Å². The number of nitrogens with one attached hydrogen (secondary N) is 1. The zero-order chi connectivity index (χ0) is 13.0. The second kappa shape index (κ2) is 6.53. The minimum atomic E-state index is 0.385. The molecule has 4 heteroatoms. The van der Waals surface area contributed by atoms with Crippen molar-refractivity contribution in [3.8, 4) is 0 Å². The van der Waals surface area contributed by atoms with E-state index >= 15 is 0 Å². The standard InChI is InChI=1S/C14H27N3O/c1-15-13-5-3-12(4-6-13)11-14(18)17-9-7-16(2)8-10-17/h12-13,15H,3-11H2,1-2H3. The molecule has 1 aliphatic heterocycles. The first-order valence-corrected chi connectivity index (χ1v) is 7.32. The summed E-state index contributed by atoms with van der Waals surface area (Å²) in [7, 11) is 4.17. The maximum atomic E-state index is 12.2. The van der Waals surface area contributed by atoms with E-state index in [1.807, 2.05) is 7.05 Å². The van der Waals surface area contributed by atoms with Crippen LogP contribution in [0.5, 0.6) is 0 Å². The average Bonchev–Trinajstić information content (AvgIpc) is 2.40. The first kappa shape index (κ1) is 13.8. The van der Waals surface area contributed by atoms with Crippen LogP contribution < -0.4 is 5.32 Å². The molecule has 1 saturated heterocycles. The number of hydrogen-bond acceptors (Lipinski definition) is 3. The molecule has 104 valence electrons. The van der Waals surface area contributed by atoms with Crippen molar-refractivity contribution in [2.75, 3.05) is 40.3 Å². The lowest BCUT2D eigenvalue weighted by molar-refractivity contribution is -0.134. The SMILES string of the molecule is CNC1CCC(CC(=O)N2CCN(C)CC2)CC1. The molecule has 0 unspecified atom stereocenters. The van der Waals surface area contributed by atoms with Gasteiger partial charge in [0.2, 0.25) is 5.91 Å². The highest BCUT2D eigenvalue weighted by Crippen LogP contribution is 2.27. The van der Waals surface area contributed by atoms with Gasteiger partial charge in [0, 0.05) is 38.6 Å². The predicted octanol–water partition coefficient (Wildman–Crippen LogP) is 0.929. The van der Waals surface area contributed by atoms with Gasteiger partial charge in [-0.25, -0.2) is 0 Å². The quantitative estimate of drug-likeness (QED) is 0.813. The molecule has 2 rings (SSSR count). The van der Waals surface area contributed by atoms with E-state index in [-0.39, 0.29) is 0 Å². The third-order valence-corrected chi connectivity index (χ3v) is 4.57. The molecule has 1 saturated carbocycles. The van der Waals surface area contributed by atoms with Crippen LogP contribution in [-0.4, -0.2) is 62.0 Å². The Labute approximate surface area is 111 Å². The Morgan fingerprint density at radius 1 is 1.11 bits per heavy atom. The van der Waals surface area contributed by atoms with E-state index in [0.717, 1.165) is 32.6 Å². The zero-order valence-electron chi connectivity index (χ0n) is 11.8. The van der Waals surface area contributed by atoms with Crippen LogP contribution in [0.2, 0.25) is 0 Å². The molecule has 1 N–H and O–H groups in total. The van der Waals surface area contributed by atoms with Gasteiger partial charge in [-0.3, -0.25) is 4.79 Å². The Hall–Kier alpha value is -0.610. The number of nitrogens with zero attached hydrogens (tertiary/aromatic N) is 2. The van der Waals surface area contributed by atoms with E-state index in [1.165, 1.54) is 25.7 Å². The Bertz CT molecular complexity index is 266. The Morgan fingerprint density at radius 3 is 2.28 bits per heavy atom. The second-order valence-corrected chi connectivity index (χ2v) is 5.89. The summed E-state index contributed by atoms with van der Waals surface area (Å²) in [6.07, 6.45) is 5.67. The fourth-order valence-electron chi connectivity index (χ4n) is 3.09. The van der Waals surface area contributed by atoms with Crippen LogP contribution in [0.1, 0.15) is 32.1 Å². The minimum Gasteiger partial charge on any atom is -0.340 e. The molecule has 4 nitrogen and oxygen atoms in total. The summed E-state index contributed by atoms with van der Waals surface area (Å²) in [5, 5.41) is 3.35. The third-order valence-electron chi connectivity index (χ3n) is 4.57. The van der Waals surface area contributed by atoms with Gasteiger partial charge in [-0.1, -0.05) is 0 Å². The first-order valence-electron chi connectivity index (χ1n) is 7.32. The van der Waals surface area contributed by atoms with Crippen LogP contribution in [0.4, 0.5) is 0 Å². The van der Waals surface area contributed by atoms with Gasteiger partial charge in [0.25, 0.3) is 0 Å². The molecule has 0 atom stereocenters. The van der Waals surface area contributed by atoms with Crippen LogP contribution >= 0.6 is 0 Å². The summed E-state index contributed by atoms with van der Waals surface area (Å²) in [6, 6.07) is 0.681. The van der Waals surface area contributed by atoms with Crippen molar-refractivity contribution in [1.29, 1.82) is 0 Å². The van der Waals surface area contributed by atoms with Crippen LogP contribution in [0, 0.1) is 5.92 Å². The molecule has 0 radical (unpaired) electrons. The molecular formula is C14H27N3O. The van der Waals surface area contributed by atoms with Crippen molar-refractivity contribution in [2.45, 2.75) is 38.1 Å². The highest BCUT2D eigenvalue weighted by atomic mass is 16.2. The van der Waals surface area contributed by atoms with E-state index in [2.05, 4.69) is 22.2 Å². The van der Waals surface area contributed by atoms with E-state index < -0.39 is 0 Å². The van der Waals surface area contributed by atoms with Crippen LogP contribution in [-0.2, 0) is 4.79 Å². The van der Waals surface area contributed by atoms with Crippen molar-refractivity contribution in [1.82, 2.24) is 15.1 Å². The molecule has 0 bridgehead atoms. The lowest BCUT2D eigenvalue weighted by Crippen LogP contribution is -2.47. The molecule has 0 aromatic carbocycles. The van der Waals surface area contributed by atoms with Gasteiger partial charge in [-0.05, 0) is 45.7 Å². The average molecular weight is 253 g/mol. The molecule has 0 aromatic heterocycles. The molecule has 1 aliphatic carbocycles. The Balaban J connectivity index is 1.71. The summed E-state index contributed by atoms with van der Waals surface area (Å²) < 4.78 is 0. The Morgan fingerprint density at radius 2 is 1.72 bits per heavy atom. The van der Waals surface area contributed by atoms with E-state index in [4.69, 9.17) is 0 Å². The Kier molecular flexibility index (Phi) is 5.01. The lowest BCUT2D eigenvalue weighted by atomic mass is 9.84. The van der Waals surface area contributed by atoms with E-state index in [9.17, 15) is 4.79 Å². The monoisotopic (exact) mass is 253 g/mol. The van der Waals surface area contributed by atoms with Gasteiger partial charge < -0.3 is 15.1 Å². The largest absolute Gasteiger partial charge is 0.340 e. The summed E-state index contributed by atoms with van der Waals surface area (Å²) in [5.41, 5.74) is 0. The van der Waals surface area contributed by atoms with Crippen molar-refractivity contribution in [2.24, 2.45) is 5.92 Å². The van der Waals surface area contributed by atoms with Crippen LogP contribution in [0.25, 0.3) is 0 Å². The highest BCUT2D eigenvalue weighted by Gasteiger charge is 2.25. The van der Waals surface area contributed by atoms with Crippen molar-refractivity contribution in [3.05, 3.63) is 0 Å². The summed E-state index contributed by atoms with van der Waals surface area (Å²) >= 11 is 0. The van der Waals surface area contributed by atoms with Gasteiger partial charge in [-0.2, -0.15) is 0 Å². The number of hydrogen-bond donors (Lipinski definition) is 1. The number of likely N-dealkylation sites (N-methyl/N-ethyl adjacent to an activating group) is 1. The fraction of sp³-hybridized carbons (Fsp3) is 0.929. The number of amides is 1. The normalized spacial score (nSPS) is 30.4. The molecule has 2 fully saturated rings. The van der Waals surface area contributed by atoms with Crippen LogP contribution in [0.3, 0.4) is 0 Å². The van der Waals surface area contributed by atoms with Gasteiger partial charge in [-0.15, -0.1) is 0 Å². The number of carbonyl (C=O) groups excluding carboxylic acids is 1. The molecular weight excluding hydrogens is 226 g/mol. The minimum absolute atomic E-state index is 0.385. The molecule has 0 aromatic rings. The number of rotatable bonds is 3. The fourth-order valence-corrected chi connectivity index (χ4v) is 3.09. The molecule has 0 spiro atoms. The second-order valence-electron chi connectivity index (χ2n) is 5.89. The first-order chi connectivity index (χ1) is 8.69. The maximum Gasteiger partial charge on any atom is 0.222 e.